The van der Waals surface area contributed by atoms with Gasteiger partial charge in [-0.2, -0.15) is 0 Å². The molecule has 1 aliphatic heterocycles. The Labute approximate surface area is 145 Å². The molecule has 25 heavy (non-hydrogen) atoms. The average molecular weight is 350 g/mol. The van der Waals surface area contributed by atoms with Crippen LogP contribution in [0.3, 0.4) is 0 Å². The van der Waals surface area contributed by atoms with Gasteiger partial charge in [-0.1, -0.05) is 0 Å². The number of nitrogen functional groups attached to an aromatic ring is 1. The lowest BCUT2D eigenvalue weighted by molar-refractivity contribution is -0.125. The van der Waals surface area contributed by atoms with Crippen LogP contribution in [0.25, 0.3) is 0 Å². The van der Waals surface area contributed by atoms with E-state index in [1.807, 2.05) is 6.07 Å². The Balaban J connectivity index is 1.83. The first kappa shape index (κ1) is 18.4. The van der Waals surface area contributed by atoms with Gasteiger partial charge in [0.05, 0.1) is 19.0 Å². The molecule has 0 bridgehead atoms. The lowest BCUT2D eigenvalue weighted by Gasteiger charge is -2.35. The number of rotatable bonds is 6. The summed E-state index contributed by atoms with van der Waals surface area (Å²) >= 11 is 0. The number of nitrogens with zero attached hydrogens (tertiary/aromatic N) is 3. The molecule has 2 N–H and O–H groups in total. The van der Waals surface area contributed by atoms with Gasteiger partial charge in [0.1, 0.15) is 11.6 Å². The highest BCUT2D eigenvalue weighted by Gasteiger charge is 2.23. The number of allylic oxidation sites excluding steroid dienone is 1. The fourth-order valence-corrected chi connectivity index (χ4v) is 2.39. The summed E-state index contributed by atoms with van der Waals surface area (Å²) in [5.74, 6) is 1.01. The Hall–Kier alpha value is -2.97. The van der Waals surface area contributed by atoms with Crippen LogP contribution in [-0.4, -0.2) is 62.3 Å². The zero-order valence-corrected chi connectivity index (χ0v) is 14.3. The van der Waals surface area contributed by atoms with Crippen molar-refractivity contribution >= 4 is 24.1 Å². The predicted octanol–water partition coefficient (Wildman–Crippen LogP) is 0.973. The first-order chi connectivity index (χ1) is 12.0. The highest BCUT2D eigenvalue weighted by Crippen LogP contribution is 2.16. The molecule has 1 aliphatic rings. The first-order valence-corrected chi connectivity index (χ1v) is 7.77. The second-order valence-corrected chi connectivity index (χ2v) is 5.37. The van der Waals surface area contributed by atoms with Crippen molar-refractivity contribution in [1.82, 2.24) is 9.88 Å². The van der Waals surface area contributed by atoms with Crippen molar-refractivity contribution in [1.29, 1.82) is 0 Å². The van der Waals surface area contributed by atoms with Crippen LogP contribution in [0.2, 0.25) is 0 Å². The molecule has 2 rings (SSSR count). The molecular weight excluding hydrogens is 328 g/mol. The number of hydrogen-bond acceptors (Lipinski definition) is 8. The molecule has 1 aromatic rings. The number of ether oxygens (including phenoxy) is 3. The Morgan fingerprint density at radius 2 is 2.04 bits per heavy atom. The minimum atomic E-state index is -0.441. The van der Waals surface area contributed by atoms with Gasteiger partial charge in [-0.15, -0.1) is 0 Å². The van der Waals surface area contributed by atoms with Crippen molar-refractivity contribution in [2.24, 2.45) is 0 Å². The fraction of sp³-hybridized carbons (Fsp3) is 0.438. The summed E-state index contributed by atoms with van der Waals surface area (Å²) in [6, 6.07) is 3.65. The number of pyridine rings is 1. The summed E-state index contributed by atoms with van der Waals surface area (Å²) in [4.78, 5) is 30.3. The summed E-state index contributed by atoms with van der Waals surface area (Å²) in [6.45, 7) is 4.14. The van der Waals surface area contributed by atoms with Crippen LogP contribution in [-0.2, 0) is 19.0 Å². The largest absolute Gasteiger partial charge is 0.494 e. The van der Waals surface area contributed by atoms with Gasteiger partial charge in [0.25, 0.3) is 6.47 Å². The number of hydrogen-bond donors (Lipinski definition) is 1. The van der Waals surface area contributed by atoms with Crippen LogP contribution in [0.1, 0.15) is 6.92 Å². The molecule has 2 heterocycles. The first-order valence-electron chi connectivity index (χ1n) is 7.77. The molecule has 0 aliphatic carbocycles. The molecule has 9 heteroatoms. The standard InChI is InChI=1S/C16H22N4O5/c1-12(25-11-21)14(23-2)10-24-16(22)20-7-5-19(6-8-20)13-3-4-15(17)18-9-13/h3-4,9,11H,5-8,10H2,1-2H3,(H2,17,18)/b14-12-. The van der Waals surface area contributed by atoms with E-state index >= 15 is 0 Å². The van der Waals surface area contributed by atoms with Crippen molar-refractivity contribution in [2.45, 2.75) is 6.92 Å². The number of nitrogens with two attached hydrogens (primary N) is 1. The molecular formula is C16H22N4O5. The minimum absolute atomic E-state index is 0.100. The minimum Gasteiger partial charge on any atom is -0.494 e. The van der Waals surface area contributed by atoms with Crippen molar-refractivity contribution in [3.8, 4) is 0 Å². The number of piperazine rings is 1. The normalized spacial score (nSPS) is 15.3. The Morgan fingerprint density at radius 3 is 2.60 bits per heavy atom. The lowest BCUT2D eigenvalue weighted by Crippen LogP contribution is -2.49. The Morgan fingerprint density at radius 1 is 1.32 bits per heavy atom. The van der Waals surface area contributed by atoms with E-state index in [1.165, 1.54) is 7.11 Å². The number of aromatic nitrogens is 1. The van der Waals surface area contributed by atoms with Gasteiger partial charge in [-0.25, -0.2) is 9.78 Å². The van der Waals surface area contributed by atoms with Crippen molar-refractivity contribution in [2.75, 3.05) is 50.5 Å². The van der Waals surface area contributed by atoms with E-state index < -0.39 is 6.09 Å². The van der Waals surface area contributed by atoms with E-state index in [0.717, 1.165) is 5.69 Å². The summed E-state index contributed by atoms with van der Waals surface area (Å²) in [6.07, 6.45) is 1.28. The van der Waals surface area contributed by atoms with Crippen LogP contribution < -0.4 is 10.6 Å². The second-order valence-electron chi connectivity index (χ2n) is 5.37. The fourth-order valence-electron chi connectivity index (χ4n) is 2.39. The third-order valence-electron chi connectivity index (χ3n) is 3.86. The van der Waals surface area contributed by atoms with Gasteiger partial charge < -0.3 is 29.7 Å². The lowest BCUT2D eigenvalue weighted by atomic mass is 10.3. The SMILES string of the molecule is CO/C(COC(=O)N1CCN(c2ccc(N)nc2)CC1)=C(/C)OC=O. The number of amides is 1. The molecule has 0 radical (unpaired) electrons. The highest BCUT2D eigenvalue weighted by molar-refractivity contribution is 5.68. The third-order valence-corrected chi connectivity index (χ3v) is 3.86. The van der Waals surface area contributed by atoms with Gasteiger partial charge >= 0.3 is 6.09 Å². The molecule has 1 fully saturated rings. The number of carbonyl (C=O) groups is 2. The number of anilines is 2. The molecule has 0 aromatic carbocycles. The van der Waals surface area contributed by atoms with E-state index in [1.54, 1.807) is 24.1 Å². The van der Waals surface area contributed by atoms with E-state index in [0.29, 0.717) is 38.5 Å². The van der Waals surface area contributed by atoms with Crippen LogP contribution in [0.5, 0.6) is 0 Å². The maximum absolute atomic E-state index is 12.2. The number of carbonyl (C=O) groups excluding carboxylic acids is 2. The van der Waals surface area contributed by atoms with Crippen molar-refractivity contribution < 1.29 is 23.8 Å². The summed E-state index contributed by atoms with van der Waals surface area (Å²) < 4.78 is 15.0. The van der Waals surface area contributed by atoms with Gasteiger partial charge in [0.2, 0.25) is 0 Å². The maximum Gasteiger partial charge on any atom is 0.410 e. The molecule has 0 saturated carbocycles. The molecule has 9 nitrogen and oxygen atoms in total. The van der Waals surface area contributed by atoms with Gasteiger partial charge in [0.15, 0.2) is 12.4 Å². The van der Waals surface area contributed by atoms with E-state index in [9.17, 15) is 9.59 Å². The molecule has 0 spiro atoms. The van der Waals surface area contributed by atoms with Crippen molar-refractivity contribution in [3.05, 3.63) is 29.8 Å². The molecule has 0 atom stereocenters. The van der Waals surface area contributed by atoms with Crippen LogP contribution in [0.15, 0.2) is 29.8 Å². The molecule has 1 amide bonds. The Kier molecular flexibility index (Phi) is 6.44. The van der Waals surface area contributed by atoms with E-state index in [2.05, 4.69) is 9.88 Å². The molecule has 0 unspecified atom stereocenters. The summed E-state index contributed by atoms with van der Waals surface area (Å²) in [5, 5.41) is 0. The molecule has 1 aromatic heterocycles. The second kappa shape index (κ2) is 8.76. The topological polar surface area (TPSA) is 107 Å². The van der Waals surface area contributed by atoms with Gasteiger partial charge in [-0.05, 0) is 19.1 Å². The third kappa shape index (κ3) is 5.00. The smallest absolute Gasteiger partial charge is 0.410 e. The Bertz CT molecular complexity index is 624. The quantitative estimate of drug-likeness (QED) is 0.597. The molecule has 136 valence electrons. The molecule has 1 saturated heterocycles. The summed E-state index contributed by atoms with van der Waals surface area (Å²) in [7, 11) is 1.42. The zero-order valence-electron chi connectivity index (χ0n) is 14.3. The maximum atomic E-state index is 12.2. The average Bonchev–Trinajstić information content (AvgIpc) is 2.63. The van der Waals surface area contributed by atoms with Crippen molar-refractivity contribution in [3.63, 3.8) is 0 Å². The van der Waals surface area contributed by atoms with Crippen LogP contribution in [0, 0.1) is 0 Å². The highest BCUT2D eigenvalue weighted by atomic mass is 16.6. The van der Waals surface area contributed by atoms with E-state index in [4.69, 9.17) is 19.9 Å². The monoisotopic (exact) mass is 350 g/mol. The zero-order chi connectivity index (χ0) is 18.2. The predicted molar refractivity (Wildman–Crippen MR) is 90.6 cm³/mol. The van der Waals surface area contributed by atoms with Gasteiger partial charge in [-0.3, -0.25) is 4.79 Å². The van der Waals surface area contributed by atoms with Crippen LogP contribution >= 0.6 is 0 Å². The summed E-state index contributed by atoms with van der Waals surface area (Å²) in [5.41, 5.74) is 6.55. The van der Waals surface area contributed by atoms with Crippen LogP contribution in [0.4, 0.5) is 16.3 Å². The van der Waals surface area contributed by atoms with E-state index in [-0.39, 0.29) is 18.1 Å². The number of methoxy groups -OCH3 is 1. The van der Waals surface area contributed by atoms with Gasteiger partial charge in [0, 0.05) is 26.2 Å².